The Kier molecular flexibility index (Phi) is 5.46. The molecule has 2 N–H and O–H groups in total. The Labute approximate surface area is 124 Å². The molecule has 0 radical (unpaired) electrons. The Morgan fingerprint density at radius 3 is 2.60 bits per heavy atom. The van der Waals surface area contributed by atoms with E-state index in [1.54, 1.807) is 0 Å². The van der Waals surface area contributed by atoms with Crippen LogP contribution in [0.4, 0.5) is 0 Å². The molecule has 1 aliphatic rings. The highest BCUT2D eigenvalue weighted by Gasteiger charge is 2.21. The second kappa shape index (κ2) is 7.11. The van der Waals surface area contributed by atoms with Crippen LogP contribution in [0.25, 0.3) is 0 Å². The number of carbonyl (C=O) groups excluding carboxylic acids is 1. The summed E-state index contributed by atoms with van der Waals surface area (Å²) < 4.78 is 0. The molecule has 0 saturated heterocycles. The maximum Gasteiger partial charge on any atom is 0.233 e. The van der Waals surface area contributed by atoms with Gasteiger partial charge in [-0.15, -0.1) is 5.10 Å². The molecule has 1 aliphatic carbocycles. The van der Waals surface area contributed by atoms with Crippen molar-refractivity contribution in [1.82, 2.24) is 20.5 Å². The van der Waals surface area contributed by atoms with Crippen molar-refractivity contribution < 1.29 is 4.79 Å². The predicted molar refractivity (Wildman–Crippen MR) is 80.8 cm³/mol. The van der Waals surface area contributed by atoms with E-state index < -0.39 is 0 Å². The van der Waals surface area contributed by atoms with Crippen LogP contribution < -0.4 is 5.32 Å². The van der Waals surface area contributed by atoms with Crippen LogP contribution in [-0.2, 0) is 4.79 Å². The maximum absolute atomic E-state index is 12.2. The summed E-state index contributed by atoms with van der Waals surface area (Å²) in [6.45, 7) is 6.04. The van der Waals surface area contributed by atoms with Crippen LogP contribution in [0.3, 0.4) is 0 Å². The molecule has 1 fully saturated rings. The number of thioether (sulfide) groups is 1. The summed E-state index contributed by atoms with van der Waals surface area (Å²) >= 11 is 1.41. The van der Waals surface area contributed by atoms with Gasteiger partial charge in [0.15, 0.2) is 0 Å². The van der Waals surface area contributed by atoms with E-state index in [1.165, 1.54) is 31.0 Å². The number of rotatable bonds is 5. The number of carbonyl (C=O) groups is 1. The molecule has 112 valence electrons. The minimum absolute atomic E-state index is 0.0952. The Morgan fingerprint density at radius 2 is 2.00 bits per heavy atom. The van der Waals surface area contributed by atoms with Crippen LogP contribution in [0.5, 0.6) is 0 Å². The fourth-order valence-electron chi connectivity index (χ4n) is 2.35. The maximum atomic E-state index is 12.2. The van der Waals surface area contributed by atoms with Crippen LogP contribution in [0.1, 0.15) is 64.6 Å². The van der Waals surface area contributed by atoms with Gasteiger partial charge in [-0.1, -0.05) is 44.9 Å². The van der Waals surface area contributed by atoms with Crippen molar-refractivity contribution in [3.63, 3.8) is 0 Å². The zero-order valence-electron chi connectivity index (χ0n) is 12.5. The smallest absolute Gasteiger partial charge is 0.233 e. The third-order valence-corrected chi connectivity index (χ3v) is 4.59. The first kappa shape index (κ1) is 15.4. The summed E-state index contributed by atoms with van der Waals surface area (Å²) in [5.41, 5.74) is 0. The average molecular weight is 296 g/mol. The lowest BCUT2D eigenvalue weighted by atomic mass is 9.95. The molecule has 5 nitrogen and oxygen atoms in total. The first-order valence-corrected chi connectivity index (χ1v) is 8.33. The van der Waals surface area contributed by atoms with Crippen molar-refractivity contribution in [2.75, 3.05) is 0 Å². The Morgan fingerprint density at radius 1 is 1.30 bits per heavy atom. The van der Waals surface area contributed by atoms with Gasteiger partial charge in [-0.3, -0.25) is 9.89 Å². The third-order valence-electron chi connectivity index (χ3n) is 3.63. The molecule has 1 atom stereocenters. The van der Waals surface area contributed by atoms with Crippen molar-refractivity contribution in [1.29, 1.82) is 0 Å². The zero-order valence-corrected chi connectivity index (χ0v) is 13.3. The van der Waals surface area contributed by atoms with Crippen molar-refractivity contribution in [3.05, 3.63) is 5.82 Å². The van der Waals surface area contributed by atoms with Crippen molar-refractivity contribution in [2.45, 2.75) is 75.2 Å². The van der Waals surface area contributed by atoms with E-state index in [-0.39, 0.29) is 11.2 Å². The van der Waals surface area contributed by atoms with E-state index in [0.29, 0.717) is 17.1 Å². The van der Waals surface area contributed by atoms with E-state index >= 15 is 0 Å². The van der Waals surface area contributed by atoms with Crippen molar-refractivity contribution in [3.8, 4) is 0 Å². The van der Waals surface area contributed by atoms with Gasteiger partial charge < -0.3 is 5.32 Å². The molecule has 2 rings (SSSR count). The summed E-state index contributed by atoms with van der Waals surface area (Å²) in [4.78, 5) is 16.6. The number of nitrogens with one attached hydrogen (secondary N) is 2. The molecule has 0 aromatic carbocycles. The second-order valence-corrected chi connectivity index (χ2v) is 7.07. The SMILES string of the molecule is CC(Sc1n[nH]c(C(C)C)n1)C(=O)NC1CCCCC1. The molecule has 20 heavy (non-hydrogen) atoms. The Hall–Kier alpha value is -1.04. The lowest BCUT2D eigenvalue weighted by molar-refractivity contribution is -0.121. The van der Waals surface area contributed by atoms with Crippen molar-refractivity contribution in [2.24, 2.45) is 0 Å². The second-order valence-electron chi connectivity index (χ2n) is 5.76. The molecule has 1 aromatic rings. The number of nitrogens with zero attached hydrogens (tertiary/aromatic N) is 2. The number of H-pyrrole nitrogens is 1. The lowest BCUT2D eigenvalue weighted by Gasteiger charge is -2.24. The van der Waals surface area contributed by atoms with Gasteiger partial charge in [0.05, 0.1) is 5.25 Å². The number of hydrogen-bond donors (Lipinski definition) is 2. The molecule has 1 unspecified atom stereocenters. The molecule has 1 amide bonds. The lowest BCUT2D eigenvalue weighted by Crippen LogP contribution is -2.40. The minimum atomic E-state index is -0.160. The quantitative estimate of drug-likeness (QED) is 0.820. The van der Waals surface area contributed by atoms with Gasteiger partial charge >= 0.3 is 0 Å². The number of hydrogen-bond acceptors (Lipinski definition) is 4. The first-order valence-electron chi connectivity index (χ1n) is 7.45. The van der Waals surface area contributed by atoms with E-state index in [4.69, 9.17) is 0 Å². The zero-order chi connectivity index (χ0) is 14.5. The van der Waals surface area contributed by atoms with Gasteiger partial charge in [-0.25, -0.2) is 4.98 Å². The molecule has 6 heteroatoms. The van der Waals surface area contributed by atoms with Gasteiger partial charge in [0.25, 0.3) is 0 Å². The summed E-state index contributed by atoms with van der Waals surface area (Å²) in [6.07, 6.45) is 5.98. The molecule has 1 heterocycles. The monoisotopic (exact) mass is 296 g/mol. The highest BCUT2D eigenvalue weighted by atomic mass is 32.2. The van der Waals surface area contributed by atoms with Crippen LogP contribution in [0, 0.1) is 0 Å². The largest absolute Gasteiger partial charge is 0.352 e. The normalized spacial score (nSPS) is 18.2. The molecular weight excluding hydrogens is 272 g/mol. The Bertz CT molecular complexity index is 440. The highest BCUT2D eigenvalue weighted by Crippen LogP contribution is 2.22. The highest BCUT2D eigenvalue weighted by molar-refractivity contribution is 8.00. The Balaban J connectivity index is 1.83. The fourth-order valence-corrected chi connectivity index (χ4v) is 3.09. The fraction of sp³-hybridized carbons (Fsp3) is 0.786. The van der Waals surface area contributed by atoms with Gasteiger partial charge in [0.2, 0.25) is 11.1 Å². The van der Waals surface area contributed by atoms with E-state index in [1.807, 2.05) is 6.92 Å². The van der Waals surface area contributed by atoms with E-state index in [0.717, 1.165) is 18.7 Å². The van der Waals surface area contributed by atoms with Crippen LogP contribution in [0.15, 0.2) is 5.16 Å². The molecular formula is C14H24N4OS. The summed E-state index contributed by atoms with van der Waals surface area (Å²) in [6, 6.07) is 0.359. The molecule has 0 spiro atoms. The van der Waals surface area contributed by atoms with Crippen LogP contribution in [0.2, 0.25) is 0 Å². The topological polar surface area (TPSA) is 70.7 Å². The average Bonchev–Trinajstić information content (AvgIpc) is 2.88. The predicted octanol–water partition coefficient (Wildman–Crippen LogP) is 2.86. The molecule has 1 aromatic heterocycles. The molecule has 1 saturated carbocycles. The number of amides is 1. The summed E-state index contributed by atoms with van der Waals surface area (Å²) in [5.74, 6) is 1.29. The minimum Gasteiger partial charge on any atom is -0.352 e. The summed E-state index contributed by atoms with van der Waals surface area (Å²) in [5, 5.41) is 10.7. The summed E-state index contributed by atoms with van der Waals surface area (Å²) in [7, 11) is 0. The van der Waals surface area contributed by atoms with Gasteiger partial charge in [0.1, 0.15) is 5.82 Å². The third kappa shape index (κ3) is 4.23. The number of aromatic nitrogens is 3. The standard InChI is InChI=1S/C14H24N4OS/c1-9(2)12-16-14(18-17-12)20-10(3)13(19)15-11-7-5-4-6-8-11/h9-11H,4-8H2,1-3H3,(H,15,19)(H,16,17,18). The van der Waals surface area contributed by atoms with Crippen LogP contribution >= 0.6 is 11.8 Å². The van der Waals surface area contributed by atoms with Crippen molar-refractivity contribution >= 4 is 17.7 Å². The van der Waals surface area contributed by atoms with Gasteiger partial charge in [-0.05, 0) is 19.8 Å². The van der Waals surface area contributed by atoms with E-state index in [9.17, 15) is 4.79 Å². The van der Waals surface area contributed by atoms with E-state index in [2.05, 4.69) is 34.3 Å². The molecule has 0 aliphatic heterocycles. The molecule has 0 bridgehead atoms. The number of aromatic amines is 1. The first-order chi connectivity index (χ1) is 9.56. The van der Waals surface area contributed by atoms with Gasteiger partial charge in [-0.2, -0.15) is 0 Å². The van der Waals surface area contributed by atoms with Crippen LogP contribution in [-0.4, -0.2) is 32.4 Å². The van der Waals surface area contributed by atoms with Gasteiger partial charge in [0, 0.05) is 12.0 Å².